The molecule has 5 N–H and O–H groups in total. The number of hydrogen-bond donors (Lipinski definition) is 5. The first kappa shape index (κ1) is 43.2. The predicted octanol–water partition coefficient (Wildman–Crippen LogP) is -0.407. The Hall–Kier alpha value is -4.75. The number of carbonyl (C=O) groups excluding carboxylic acids is 5. The third-order valence-corrected chi connectivity index (χ3v) is 6.98. The Balaban J connectivity index is 0.000000932. The van der Waals surface area contributed by atoms with Gasteiger partial charge in [0.05, 0.1) is 38.6 Å². The molecule has 48 heavy (non-hydrogen) atoms. The van der Waals surface area contributed by atoms with Crippen LogP contribution in [0.4, 0.5) is 0 Å². The fraction of sp³-hybridized carbons (Fsp3) is 0.517. The largest absolute Gasteiger partial charge is 0.481 e. The van der Waals surface area contributed by atoms with Gasteiger partial charge in [-0.15, -0.1) is 0 Å². The maximum Gasteiger partial charge on any atom is 0.312 e. The second kappa shape index (κ2) is 23.6. The van der Waals surface area contributed by atoms with Gasteiger partial charge in [0, 0.05) is 38.0 Å². The van der Waals surface area contributed by atoms with Crippen molar-refractivity contribution in [3.05, 3.63) is 35.4 Å². The minimum Gasteiger partial charge on any atom is -0.481 e. The number of benzene rings is 1. The number of nitrogens with zero attached hydrogens (tertiary/aromatic N) is 1. The van der Waals surface area contributed by atoms with E-state index in [1.54, 1.807) is 29.0 Å². The van der Waals surface area contributed by atoms with Crippen molar-refractivity contribution in [2.24, 2.45) is 0 Å². The summed E-state index contributed by atoms with van der Waals surface area (Å²) >= 11 is 0. The van der Waals surface area contributed by atoms with E-state index in [0.717, 1.165) is 0 Å². The molecule has 0 fully saturated rings. The molecular weight excluding hydrogens is 662 g/mol. The first-order valence-electron chi connectivity index (χ1n) is 14.4. The summed E-state index contributed by atoms with van der Waals surface area (Å²) < 4.78 is 34.9. The van der Waals surface area contributed by atoms with Crippen LogP contribution in [0.1, 0.15) is 61.9 Å². The van der Waals surface area contributed by atoms with Gasteiger partial charge >= 0.3 is 17.9 Å². The number of Topliss-reactive ketones (excluding diaryl/α,β-unsaturated/α-hetero) is 2. The fourth-order valence-electron chi connectivity index (χ4n) is 3.34. The Morgan fingerprint density at radius 3 is 1.83 bits per heavy atom. The first-order valence-corrected chi connectivity index (χ1v) is 16.0. The van der Waals surface area contributed by atoms with Crippen LogP contribution in [0.2, 0.25) is 0 Å². The van der Waals surface area contributed by atoms with Crippen LogP contribution in [0.15, 0.2) is 24.3 Å². The molecule has 0 spiro atoms. The fourth-order valence-corrected chi connectivity index (χ4v) is 4.32. The average Bonchev–Trinajstić information content (AvgIpc) is 2.96. The van der Waals surface area contributed by atoms with E-state index in [1.807, 2.05) is 0 Å². The van der Waals surface area contributed by atoms with Crippen molar-refractivity contribution in [3.8, 4) is 0 Å². The van der Waals surface area contributed by atoms with Crippen LogP contribution < -0.4 is 10.0 Å². The van der Waals surface area contributed by atoms with Gasteiger partial charge in [0.2, 0.25) is 27.7 Å². The average molecular weight is 704 g/mol. The molecule has 0 aliphatic rings. The molecule has 268 valence electrons. The Morgan fingerprint density at radius 1 is 0.729 bits per heavy atom. The Bertz CT molecular complexity index is 1380. The maximum absolute atomic E-state index is 11.8. The second-order valence-corrected chi connectivity index (χ2v) is 11.8. The Kier molecular flexibility index (Phi) is 21.2. The van der Waals surface area contributed by atoms with Gasteiger partial charge in [-0.25, -0.2) is 8.42 Å². The van der Waals surface area contributed by atoms with Gasteiger partial charge in [0.15, 0.2) is 5.78 Å². The molecule has 18 nitrogen and oxygen atoms in total. The van der Waals surface area contributed by atoms with E-state index in [0.29, 0.717) is 30.8 Å². The highest BCUT2D eigenvalue weighted by atomic mass is 32.2. The van der Waals surface area contributed by atoms with Gasteiger partial charge in [-0.1, -0.05) is 24.3 Å². The van der Waals surface area contributed by atoms with Gasteiger partial charge in [-0.2, -0.15) is 0 Å². The zero-order chi connectivity index (χ0) is 36.7. The minimum atomic E-state index is -4.07. The molecule has 0 atom stereocenters. The van der Waals surface area contributed by atoms with Gasteiger partial charge in [0.1, 0.15) is 18.6 Å². The highest BCUT2D eigenvalue weighted by Gasteiger charge is 2.19. The van der Waals surface area contributed by atoms with Crippen LogP contribution in [0.5, 0.6) is 0 Å². The number of ketones is 2. The van der Waals surface area contributed by atoms with Crippen molar-refractivity contribution in [1.29, 1.82) is 0 Å². The number of carboxylic acid groups (broad SMARTS) is 3. The number of aliphatic carboxylic acids is 3. The van der Waals surface area contributed by atoms with Crippen molar-refractivity contribution in [2.45, 2.75) is 52.5 Å². The van der Waals surface area contributed by atoms with E-state index >= 15 is 0 Å². The Labute approximate surface area is 276 Å². The summed E-state index contributed by atoms with van der Waals surface area (Å²) in [7, 11) is -4.07. The van der Waals surface area contributed by atoms with Gasteiger partial charge in [-0.3, -0.25) is 43.1 Å². The molecule has 0 aliphatic heterocycles. The molecule has 0 unspecified atom stereocenters. The minimum absolute atomic E-state index is 0.0390. The number of hydrogen-bond acceptors (Lipinski definition) is 12. The molecule has 0 bridgehead atoms. The van der Waals surface area contributed by atoms with Gasteiger partial charge < -0.3 is 35.0 Å². The third-order valence-electron chi connectivity index (χ3n) is 5.70. The lowest BCUT2D eigenvalue weighted by Crippen LogP contribution is -2.36. The lowest BCUT2D eigenvalue weighted by atomic mass is 10.1. The maximum atomic E-state index is 11.8. The van der Waals surface area contributed by atoms with Crippen molar-refractivity contribution in [2.75, 3.05) is 45.3 Å². The second-order valence-electron chi connectivity index (χ2n) is 9.97. The van der Waals surface area contributed by atoms with Gasteiger partial charge in [-0.05, 0) is 19.4 Å². The zero-order valence-electron chi connectivity index (χ0n) is 26.6. The van der Waals surface area contributed by atoms with Crippen molar-refractivity contribution in [3.63, 3.8) is 0 Å². The topological polar surface area (TPSA) is 277 Å². The Morgan fingerprint density at radius 2 is 1.31 bits per heavy atom. The quantitative estimate of drug-likeness (QED) is 0.0550. The summed E-state index contributed by atoms with van der Waals surface area (Å²) in [5, 5.41) is 28.2. The number of sulfonamides is 1. The highest BCUT2D eigenvalue weighted by molar-refractivity contribution is 7.90. The molecule has 0 heterocycles. The molecule has 1 rings (SSSR count). The molecule has 3 amide bonds. The zero-order valence-corrected chi connectivity index (χ0v) is 27.4. The third kappa shape index (κ3) is 23.6. The monoisotopic (exact) mass is 703 g/mol. The summed E-state index contributed by atoms with van der Waals surface area (Å²) in [6.07, 6.45) is -1.97. The van der Waals surface area contributed by atoms with E-state index < -0.39 is 64.2 Å². The normalized spacial score (nSPS) is 10.5. The molecular formula is C29H41N3O15S. The summed E-state index contributed by atoms with van der Waals surface area (Å²) in [5.41, 5.74) is 1.21. The molecule has 19 heteroatoms. The molecule has 0 aliphatic carbocycles. The van der Waals surface area contributed by atoms with Crippen molar-refractivity contribution in [1.82, 2.24) is 14.9 Å². The molecule has 0 saturated heterocycles. The van der Waals surface area contributed by atoms with Crippen LogP contribution in [0, 0.1) is 0 Å². The van der Waals surface area contributed by atoms with E-state index in [2.05, 4.69) is 5.32 Å². The molecule has 0 saturated carbocycles. The number of rotatable bonds is 23. The number of ether oxygens (including phenoxy) is 2. The standard InChI is InChI=1S/C15H17NO6.C14H24N2O9S/c1-10(17)12-4-2-11(3-5-12)9-16(7-6-14(19)20)13(18)8-15(21)22;1-11(17)2-5-24-7-8-25-6-4-15-12(18)3-9-26(22,23)16-13(19)10-14(20)21/h2-5H,6-9H2,1H3,(H,19,20)(H,21,22);2-10H2,1H3,(H,15,18)(H,16,19)(H,20,21). The molecule has 1 aromatic carbocycles. The van der Waals surface area contributed by atoms with Crippen LogP contribution in [0.3, 0.4) is 0 Å². The van der Waals surface area contributed by atoms with Crippen LogP contribution in [0.25, 0.3) is 0 Å². The van der Waals surface area contributed by atoms with Gasteiger partial charge in [0.25, 0.3) is 0 Å². The van der Waals surface area contributed by atoms with E-state index in [1.165, 1.54) is 18.7 Å². The molecule has 0 aromatic heterocycles. The smallest absolute Gasteiger partial charge is 0.312 e. The number of nitrogens with one attached hydrogen (secondary N) is 2. The SMILES string of the molecule is CC(=O)CCOCCOCCNC(=O)CCS(=O)(=O)NC(=O)CC(=O)O.CC(=O)c1ccc(CN(CCC(=O)O)C(=O)CC(=O)O)cc1. The van der Waals surface area contributed by atoms with Crippen LogP contribution in [-0.4, -0.2) is 121 Å². The van der Waals surface area contributed by atoms with E-state index in [-0.39, 0.29) is 57.3 Å². The predicted molar refractivity (Wildman–Crippen MR) is 165 cm³/mol. The number of carbonyl (C=O) groups is 8. The van der Waals surface area contributed by atoms with Crippen molar-refractivity contribution >= 4 is 57.2 Å². The highest BCUT2D eigenvalue weighted by Crippen LogP contribution is 2.10. The van der Waals surface area contributed by atoms with E-state index in [9.17, 15) is 46.8 Å². The first-order chi connectivity index (χ1) is 22.4. The summed E-state index contributed by atoms with van der Waals surface area (Å²) in [6, 6.07) is 6.51. The van der Waals surface area contributed by atoms with E-state index in [4.69, 9.17) is 24.8 Å². The number of carboxylic acids is 3. The summed E-state index contributed by atoms with van der Waals surface area (Å²) in [6.45, 7) is 4.22. The lowest BCUT2D eigenvalue weighted by molar-refractivity contribution is -0.145. The summed E-state index contributed by atoms with van der Waals surface area (Å²) in [4.78, 5) is 89.0. The summed E-state index contributed by atoms with van der Waals surface area (Å²) in [5.74, 6) is -6.86. The van der Waals surface area contributed by atoms with Crippen LogP contribution >= 0.6 is 0 Å². The van der Waals surface area contributed by atoms with Crippen molar-refractivity contribution < 1.29 is 71.6 Å². The van der Waals surface area contributed by atoms with Crippen LogP contribution in [-0.2, 0) is 59.6 Å². The lowest BCUT2D eigenvalue weighted by Gasteiger charge is -2.21. The molecule has 0 radical (unpaired) electrons. The molecule has 1 aromatic rings. The number of amides is 3.